The van der Waals surface area contributed by atoms with Crippen molar-refractivity contribution in [2.24, 2.45) is 0 Å². The fraction of sp³-hybridized carbons (Fsp3) is 0.438. The molecule has 1 aromatic heterocycles. The molecule has 1 N–H and O–H groups in total. The molecular weight excluding hydrogens is 268 g/mol. The van der Waals surface area contributed by atoms with Crippen LogP contribution in [0.3, 0.4) is 0 Å². The van der Waals surface area contributed by atoms with Crippen LogP contribution < -0.4 is 4.74 Å². The third-order valence-electron chi connectivity index (χ3n) is 3.37. The predicted molar refractivity (Wildman–Crippen MR) is 80.3 cm³/mol. The molecule has 1 aromatic carbocycles. The van der Waals surface area contributed by atoms with Crippen molar-refractivity contribution >= 4 is 0 Å². The van der Waals surface area contributed by atoms with E-state index in [2.05, 4.69) is 12.0 Å². The number of aliphatic hydroxyl groups is 1. The summed E-state index contributed by atoms with van der Waals surface area (Å²) in [5.74, 6) is 0.608. The van der Waals surface area contributed by atoms with Gasteiger partial charge in [0.05, 0.1) is 19.9 Å². The SMILES string of the molecule is CCCn1ncc(OC)c1C(O)c1ccc(COC)cc1. The lowest BCUT2D eigenvalue weighted by Gasteiger charge is -2.15. The highest BCUT2D eigenvalue weighted by molar-refractivity contribution is 5.35. The highest BCUT2D eigenvalue weighted by atomic mass is 16.5. The molecule has 0 fully saturated rings. The first-order valence-corrected chi connectivity index (χ1v) is 7.06. The van der Waals surface area contributed by atoms with Gasteiger partial charge in [-0.1, -0.05) is 31.2 Å². The molecule has 2 rings (SSSR count). The third-order valence-corrected chi connectivity index (χ3v) is 3.37. The molecule has 5 heteroatoms. The average Bonchev–Trinajstić information content (AvgIpc) is 2.91. The molecule has 0 bridgehead atoms. The van der Waals surface area contributed by atoms with Gasteiger partial charge in [0.15, 0.2) is 5.75 Å². The zero-order chi connectivity index (χ0) is 15.2. The smallest absolute Gasteiger partial charge is 0.163 e. The molecule has 1 atom stereocenters. The minimum atomic E-state index is -0.759. The number of aromatic nitrogens is 2. The van der Waals surface area contributed by atoms with Crippen molar-refractivity contribution in [1.29, 1.82) is 0 Å². The van der Waals surface area contributed by atoms with Crippen LogP contribution in [0.15, 0.2) is 30.5 Å². The maximum atomic E-state index is 10.6. The van der Waals surface area contributed by atoms with E-state index in [0.717, 1.165) is 24.1 Å². The Hall–Kier alpha value is -1.85. The van der Waals surface area contributed by atoms with Crippen LogP contribution in [-0.2, 0) is 17.9 Å². The van der Waals surface area contributed by atoms with E-state index in [-0.39, 0.29) is 0 Å². The lowest BCUT2D eigenvalue weighted by atomic mass is 10.0. The van der Waals surface area contributed by atoms with Crippen molar-refractivity contribution < 1.29 is 14.6 Å². The van der Waals surface area contributed by atoms with Crippen molar-refractivity contribution in [2.45, 2.75) is 32.6 Å². The van der Waals surface area contributed by atoms with Crippen LogP contribution in [0.2, 0.25) is 0 Å². The standard InChI is InChI=1S/C16H22N2O3/c1-4-9-18-15(14(21-3)10-17-18)16(19)13-7-5-12(6-8-13)11-20-2/h5-8,10,16,19H,4,9,11H2,1-3H3. The first kappa shape index (κ1) is 15.5. The van der Waals surface area contributed by atoms with Crippen molar-refractivity contribution in [3.8, 4) is 5.75 Å². The molecule has 0 saturated heterocycles. The first-order valence-electron chi connectivity index (χ1n) is 7.06. The van der Waals surface area contributed by atoms with Gasteiger partial charge in [-0.2, -0.15) is 5.10 Å². The van der Waals surface area contributed by atoms with E-state index in [4.69, 9.17) is 9.47 Å². The van der Waals surface area contributed by atoms with E-state index in [1.807, 2.05) is 24.3 Å². The summed E-state index contributed by atoms with van der Waals surface area (Å²) >= 11 is 0. The Morgan fingerprint density at radius 2 is 1.95 bits per heavy atom. The summed E-state index contributed by atoms with van der Waals surface area (Å²) in [7, 11) is 3.25. The molecule has 1 unspecified atom stereocenters. The van der Waals surface area contributed by atoms with E-state index in [0.29, 0.717) is 18.1 Å². The normalized spacial score (nSPS) is 12.4. The molecule has 5 nitrogen and oxygen atoms in total. The molecular formula is C16H22N2O3. The number of aliphatic hydroxyl groups excluding tert-OH is 1. The molecule has 0 saturated carbocycles. The number of hydrogen-bond acceptors (Lipinski definition) is 4. The Morgan fingerprint density at radius 1 is 1.24 bits per heavy atom. The van der Waals surface area contributed by atoms with Crippen molar-refractivity contribution in [3.05, 3.63) is 47.3 Å². The maximum Gasteiger partial charge on any atom is 0.163 e. The largest absolute Gasteiger partial charge is 0.493 e. The van der Waals surface area contributed by atoms with Gasteiger partial charge >= 0.3 is 0 Å². The minimum absolute atomic E-state index is 0.563. The van der Waals surface area contributed by atoms with Crippen LogP contribution >= 0.6 is 0 Å². The van der Waals surface area contributed by atoms with E-state index in [9.17, 15) is 5.11 Å². The van der Waals surface area contributed by atoms with Gasteiger partial charge in [-0.25, -0.2) is 0 Å². The summed E-state index contributed by atoms with van der Waals surface area (Å²) in [5, 5.41) is 14.9. The lowest BCUT2D eigenvalue weighted by molar-refractivity contribution is 0.184. The van der Waals surface area contributed by atoms with E-state index >= 15 is 0 Å². The summed E-state index contributed by atoms with van der Waals surface area (Å²) < 4.78 is 12.2. The number of benzene rings is 1. The number of ether oxygens (including phenoxy) is 2. The highest BCUT2D eigenvalue weighted by Gasteiger charge is 2.21. The Kier molecular flexibility index (Phi) is 5.36. The van der Waals surface area contributed by atoms with Gasteiger partial charge < -0.3 is 14.6 Å². The quantitative estimate of drug-likeness (QED) is 0.851. The highest BCUT2D eigenvalue weighted by Crippen LogP contribution is 2.30. The van der Waals surface area contributed by atoms with Crippen LogP contribution in [0.4, 0.5) is 0 Å². The van der Waals surface area contributed by atoms with E-state index < -0.39 is 6.10 Å². The van der Waals surface area contributed by atoms with Gasteiger partial charge in [0.2, 0.25) is 0 Å². The van der Waals surface area contributed by atoms with Crippen molar-refractivity contribution in [3.63, 3.8) is 0 Å². The Labute approximate surface area is 125 Å². The molecule has 1 heterocycles. The van der Waals surface area contributed by atoms with Gasteiger partial charge in [0, 0.05) is 13.7 Å². The third kappa shape index (κ3) is 3.43. The minimum Gasteiger partial charge on any atom is -0.493 e. The topological polar surface area (TPSA) is 56.5 Å². The number of methoxy groups -OCH3 is 2. The molecule has 0 aliphatic carbocycles. The summed E-state index contributed by atoms with van der Waals surface area (Å²) in [5.41, 5.74) is 2.58. The van der Waals surface area contributed by atoms with E-state index in [1.54, 1.807) is 25.1 Å². The van der Waals surface area contributed by atoms with Crippen molar-refractivity contribution in [1.82, 2.24) is 9.78 Å². The second-order valence-electron chi connectivity index (χ2n) is 4.90. The van der Waals surface area contributed by atoms with Crippen LogP contribution in [0, 0.1) is 0 Å². The monoisotopic (exact) mass is 290 g/mol. The molecule has 0 amide bonds. The fourth-order valence-electron chi connectivity index (χ4n) is 2.32. The van der Waals surface area contributed by atoms with Crippen molar-refractivity contribution in [2.75, 3.05) is 14.2 Å². The van der Waals surface area contributed by atoms with Gasteiger partial charge in [-0.3, -0.25) is 4.68 Å². The number of rotatable bonds is 7. The fourth-order valence-corrected chi connectivity index (χ4v) is 2.32. The van der Waals surface area contributed by atoms with Crippen LogP contribution in [0.1, 0.15) is 36.3 Å². The van der Waals surface area contributed by atoms with Crippen LogP contribution in [-0.4, -0.2) is 29.1 Å². The van der Waals surface area contributed by atoms with Crippen LogP contribution in [0.25, 0.3) is 0 Å². The Balaban J connectivity index is 2.29. The molecule has 21 heavy (non-hydrogen) atoms. The summed E-state index contributed by atoms with van der Waals surface area (Å²) in [6.45, 7) is 3.38. The van der Waals surface area contributed by atoms with Gasteiger partial charge in [-0.15, -0.1) is 0 Å². The number of hydrogen-bond donors (Lipinski definition) is 1. The Bertz CT molecular complexity index is 563. The number of aryl methyl sites for hydroxylation is 1. The average molecular weight is 290 g/mol. The number of nitrogens with zero attached hydrogens (tertiary/aromatic N) is 2. The zero-order valence-corrected chi connectivity index (χ0v) is 12.7. The second kappa shape index (κ2) is 7.24. The second-order valence-corrected chi connectivity index (χ2v) is 4.90. The van der Waals surface area contributed by atoms with Gasteiger partial charge in [0.25, 0.3) is 0 Å². The zero-order valence-electron chi connectivity index (χ0n) is 12.7. The molecule has 0 aliphatic rings. The summed E-state index contributed by atoms with van der Waals surface area (Å²) in [6.07, 6.45) is 1.83. The molecule has 0 aliphatic heterocycles. The molecule has 0 radical (unpaired) electrons. The maximum absolute atomic E-state index is 10.6. The molecule has 114 valence electrons. The van der Waals surface area contributed by atoms with E-state index in [1.165, 1.54) is 0 Å². The summed E-state index contributed by atoms with van der Waals surface area (Å²) in [4.78, 5) is 0. The van der Waals surface area contributed by atoms with Gasteiger partial charge in [-0.05, 0) is 17.5 Å². The molecule has 0 spiro atoms. The Morgan fingerprint density at radius 3 is 2.52 bits per heavy atom. The van der Waals surface area contributed by atoms with Gasteiger partial charge in [0.1, 0.15) is 11.8 Å². The lowest BCUT2D eigenvalue weighted by Crippen LogP contribution is -2.11. The summed E-state index contributed by atoms with van der Waals surface area (Å²) in [6, 6.07) is 7.72. The predicted octanol–water partition coefficient (Wildman–Crippen LogP) is 2.53. The molecule has 2 aromatic rings. The van der Waals surface area contributed by atoms with Crippen LogP contribution in [0.5, 0.6) is 5.75 Å². The first-order chi connectivity index (χ1) is 10.2.